The van der Waals surface area contributed by atoms with Gasteiger partial charge in [-0.25, -0.2) is 0 Å². The molecule has 6 nitrogen and oxygen atoms in total. The Morgan fingerprint density at radius 3 is 2.61 bits per heavy atom. The minimum Gasteiger partial charge on any atom is -0.496 e. The molecule has 0 saturated carbocycles. The normalized spacial score (nSPS) is 27.9. The van der Waals surface area contributed by atoms with Gasteiger partial charge in [0.15, 0.2) is 0 Å². The molecule has 6 heteroatoms. The van der Waals surface area contributed by atoms with Gasteiger partial charge in [0.05, 0.1) is 25.2 Å². The number of rotatable bonds is 6. The van der Waals surface area contributed by atoms with E-state index in [0.717, 1.165) is 11.3 Å². The van der Waals surface area contributed by atoms with Gasteiger partial charge in [0.1, 0.15) is 11.7 Å². The van der Waals surface area contributed by atoms with Crippen LogP contribution >= 0.6 is 0 Å². The standard InChI is InChI=1S/C17H19NO5/c1-22-11-5-3-2-4-10(11)8-9-18-16(19)14-12-6-7-13(23-12)15(14)17(20)21/h2-7,12-15H,8-9H2,1H3,(H,18,19)(H,20,21)/t12-,13+,14-,15-/m0/s1. The number of methoxy groups -OCH3 is 1. The quantitative estimate of drug-likeness (QED) is 0.765. The molecule has 2 aliphatic rings. The Kier molecular flexibility index (Phi) is 4.34. The van der Waals surface area contributed by atoms with Crippen LogP contribution in [0.1, 0.15) is 5.56 Å². The summed E-state index contributed by atoms with van der Waals surface area (Å²) in [7, 11) is 1.60. The number of hydrogen-bond acceptors (Lipinski definition) is 4. The highest BCUT2D eigenvalue weighted by Gasteiger charge is 2.53. The van der Waals surface area contributed by atoms with Crippen molar-refractivity contribution in [3.63, 3.8) is 0 Å². The zero-order valence-electron chi connectivity index (χ0n) is 12.8. The van der Waals surface area contributed by atoms with Crippen molar-refractivity contribution >= 4 is 11.9 Å². The van der Waals surface area contributed by atoms with Crippen molar-refractivity contribution in [2.75, 3.05) is 13.7 Å². The fourth-order valence-electron chi connectivity index (χ4n) is 3.26. The first-order chi connectivity index (χ1) is 11.1. The van der Waals surface area contributed by atoms with Gasteiger partial charge in [-0.05, 0) is 18.1 Å². The molecule has 1 amide bonds. The second kappa shape index (κ2) is 6.42. The van der Waals surface area contributed by atoms with Crippen LogP contribution in [0.5, 0.6) is 5.75 Å². The number of carbonyl (C=O) groups excluding carboxylic acids is 1. The maximum atomic E-state index is 12.4. The van der Waals surface area contributed by atoms with E-state index in [1.54, 1.807) is 19.3 Å². The summed E-state index contributed by atoms with van der Waals surface area (Å²) in [5, 5.41) is 12.1. The number of para-hydroxylation sites is 1. The Morgan fingerprint density at radius 1 is 1.22 bits per heavy atom. The zero-order chi connectivity index (χ0) is 16.4. The first-order valence-electron chi connectivity index (χ1n) is 7.58. The highest BCUT2D eigenvalue weighted by Crippen LogP contribution is 2.39. The number of fused-ring (bicyclic) bond motifs is 2. The van der Waals surface area contributed by atoms with Gasteiger partial charge < -0.3 is 19.9 Å². The van der Waals surface area contributed by atoms with Crippen LogP contribution < -0.4 is 10.1 Å². The van der Waals surface area contributed by atoms with E-state index < -0.39 is 30.0 Å². The molecule has 0 spiro atoms. The van der Waals surface area contributed by atoms with Crippen molar-refractivity contribution in [1.82, 2.24) is 5.32 Å². The van der Waals surface area contributed by atoms with E-state index in [2.05, 4.69) is 5.32 Å². The number of carbonyl (C=O) groups is 2. The summed E-state index contributed by atoms with van der Waals surface area (Å²) in [4.78, 5) is 23.7. The zero-order valence-corrected chi connectivity index (χ0v) is 12.8. The van der Waals surface area contributed by atoms with E-state index in [1.165, 1.54) is 0 Å². The van der Waals surface area contributed by atoms with Crippen LogP contribution in [-0.2, 0) is 20.7 Å². The summed E-state index contributed by atoms with van der Waals surface area (Å²) in [5.74, 6) is -1.97. The minimum atomic E-state index is -0.994. The number of carboxylic acids is 1. The van der Waals surface area contributed by atoms with Gasteiger partial charge in [0.25, 0.3) is 0 Å². The molecule has 2 bridgehead atoms. The minimum absolute atomic E-state index is 0.274. The molecule has 0 aliphatic carbocycles. The molecule has 0 aromatic heterocycles. The maximum absolute atomic E-state index is 12.4. The number of hydrogen-bond donors (Lipinski definition) is 2. The SMILES string of the molecule is COc1ccccc1CCNC(=O)[C@@H]1[C@@H](C(=O)O)[C@H]2C=C[C@@H]1O2. The third kappa shape index (κ3) is 2.94. The molecular weight excluding hydrogens is 298 g/mol. The van der Waals surface area contributed by atoms with Gasteiger partial charge in [0, 0.05) is 6.54 Å². The molecule has 0 unspecified atom stereocenters. The van der Waals surface area contributed by atoms with Crippen molar-refractivity contribution in [2.24, 2.45) is 11.8 Å². The molecule has 1 saturated heterocycles. The molecule has 2 N–H and O–H groups in total. The summed E-state index contributed by atoms with van der Waals surface area (Å²) in [5.41, 5.74) is 0.995. The summed E-state index contributed by atoms with van der Waals surface area (Å²) in [6, 6.07) is 7.60. The van der Waals surface area contributed by atoms with Gasteiger partial charge in [0.2, 0.25) is 5.91 Å². The van der Waals surface area contributed by atoms with Crippen LogP contribution in [0.4, 0.5) is 0 Å². The molecule has 1 fully saturated rings. The monoisotopic (exact) mass is 317 g/mol. The van der Waals surface area contributed by atoms with Crippen molar-refractivity contribution in [1.29, 1.82) is 0 Å². The lowest BCUT2D eigenvalue weighted by Gasteiger charge is -2.21. The summed E-state index contributed by atoms with van der Waals surface area (Å²) >= 11 is 0. The second-order valence-electron chi connectivity index (χ2n) is 5.69. The topological polar surface area (TPSA) is 84.9 Å². The fraction of sp³-hybridized carbons (Fsp3) is 0.412. The summed E-state index contributed by atoms with van der Waals surface area (Å²) in [6.07, 6.45) is 3.18. The Bertz CT molecular complexity index is 642. The van der Waals surface area contributed by atoms with E-state index in [4.69, 9.17) is 9.47 Å². The Morgan fingerprint density at radius 2 is 1.91 bits per heavy atom. The number of benzene rings is 1. The lowest BCUT2D eigenvalue weighted by Crippen LogP contribution is -2.43. The highest BCUT2D eigenvalue weighted by atomic mass is 16.5. The molecule has 2 heterocycles. The Hall–Kier alpha value is -2.34. The van der Waals surface area contributed by atoms with Crippen LogP contribution in [0.15, 0.2) is 36.4 Å². The van der Waals surface area contributed by atoms with Gasteiger partial charge >= 0.3 is 5.97 Å². The van der Waals surface area contributed by atoms with Gasteiger partial charge in [-0.1, -0.05) is 30.4 Å². The number of aliphatic carboxylic acids is 1. The number of nitrogens with one attached hydrogen (secondary N) is 1. The van der Waals surface area contributed by atoms with Crippen molar-refractivity contribution in [3.8, 4) is 5.75 Å². The lowest BCUT2D eigenvalue weighted by molar-refractivity contribution is -0.146. The summed E-state index contributed by atoms with van der Waals surface area (Å²) in [6.45, 7) is 0.420. The third-order valence-electron chi connectivity index (χ3n) is 4.37. The van der Waals surface area contributed by atoms with E-state index >= 15 is 0 Å². The molecule has 1 aromatic rings. The predicted molar refractivity (Wildman–Crippen MR) is 82.1 cm³/mol. The first-order valence-corrected chi connectivity index (χ1v) is 7.58. The highest BCUT2D eigenvalue weighted by molar-refractivity contribution is 5.87. The van der Waals surface area contributed by atoms with Gasteiger partial charge in [-0.3, -0.25) is 9.59 Å². The summed E-state index contributed by atoms with van der Waals surface area (Å²) < 4.78 is 10.8. The number of amides is 1. The average molecular weight is 317 g/mol. The number of ether oxygens (including phenoxy) is 2. The third-order valence-corrected chi connectivity index (χ3v) is 4.37. The van der Waals surface area contributed by atoms with Crippen molar-refractivity contribution in [2.45, 2.75) is 18.6 Å². The molecule has 3 rings (SSSR count). The molecule has 1 aromatic carbocycles. The van der Waals surface area contributed by atoms with E-state index in [9.17, 15) is 14.7 Å². The largest absolute Gasteiger partial charge is 0.496 e. The number of carboxylic acid groups (broad SMARTS) is 1. The second-order valence-corrected chi connectivity index (χ2v) is 5.69. The molecule has 4 atom stereocenters. The van der Waals surface area contributed by atoms with Crippen LogP contribution in [0.2, 0.25) is 0 Å². The van der Waals surface area contributed by atoms with Gasteiger partial charge in [-0.15, -0.1) is 0 Å². The average Bonchev–Trinajstić information content (AvgIpc) is 3.16. The van der Waals surface area contributed by atoms with Crippen LogP contribution in [0.25, 0.3) is 0 Å². The molecule has 23 heavy (non-hydrogen) atoms. The van der Waals surface area contributed by atoms with E-state index in [0.29, 0.717) is 13.0 Å². The smallest absolute Gasteiger partial charge is 0.310 e. The molecular formula is C17H19NO5. The van der Waals surface area contributed by atoms with E-state index in [1.807, 2.05) is 24.3 Å². The van der Waals surface area contributed by atoms with Crippen molar-refractivity contribution < 1.29 is 24.2 Å². The van der Waals surface area contributed by atoms with E-state index in [-0.39, 0.29) is 5.91 Å². The molecule has 122 valence electrons. The van der Waals surface area contributed by atoms with Crippen LogP contribution in [-0.4, -0.2) is 42.8 Å². The van der Waals surface area contributed by atoms with Crippen LogP contribution in [0, 0.1) is 11.8 Å². The fourth-order valence-corrected chi connectivity index (χ4v) is 3.26. The lowest BCUT2D eigenvalue weighted by atomic mass is 9.82. The molecule has 0 radical (unpaired) electrons. The Labute approximate surface area is 134 Å². The van der Waals surface area contributed by atoms with Crippen molar-refractivity contribution in [3.05, 3.63) is 42.0 Å². The van der Waals surface area contributed by atoms with Crippen LogP contribution in [0.3, 0.4) is 0 Å². The maximum Gasteiger partial charge on any atom is 0.310 e. The molecule has 2 aliphatic heterocycles. The predicted octanol–water partition coefficient (Wildman–Crippen LogP) is 1.01. The van der Waals surface area contributed by atoms with Gasteiger partial charge in [-0.2, -0.15) is 0 Å². The Balaban J connectivity index is 1.59. The first kappa shape index (κ1) is 15.6.